The van der Waals surface area contributed by atoms with E-state index in [4.69, 9.17) is 9.88 Å². The Morgan fingerprint density at radius 1 is 1.36 bits per heavy atom. The van der Waals surface area contributed by atoms with Gasteiger partial charge in [-0.05, 0) is 24.1 Å². The first kappa shape index (κ1) is 16.9. The number of sulfonamides is 1. The fraction of sp³-hybridized carbons (Fsp3) is 0.500. The summed E-state index contributed by atoms with van der Waals surface area (Å²) >= 11 is 0. The molecule has 1 fully saturated rings. The van der Waals surface area contributed by atoms with Gasteiger partial charge < -0.3 is 9.64 Å². The molecule has 0 radical (unpaired) electrons. The van der Waals surface area contributed by atoms with Crippen LogP contribution in [0.1, 0.15) is 24.5 Å². The van der Waals surface area contributed by atoms with Crippen LogP contribution < -0.4 is 5.14 Å². The van der Waals surface area contributed by atoms with Crippen LogP contribution in [0.4, 0.5) is 4.39 Å². The van der Waals surface area contributed by atoms with Crippen LogP contribution in [0.2, 0.25) is 0 Å². The van der Waals surface area contributed by atoms with Crippen molar-refractivity contribution >= 4 is 15.9 Å². The molecular weight excluding hydrogens is 311 g/mol. The second kappa shape index (κ2) is 7.17. The van der Waals surface area contributed by atoms with Gasteiger partial charge in [-0.2, -0.15) is 0 Å². The minimum absolute atomic E-state index is 0.126. The number of hydrogen-bond acceptors (Lipinski definition) is 4. The second-order valence-corrected chi connectivity index (χ2v) is 6.96. The lowest BCUT2D eigenvalue weighted by Crippen LogP contribution is -2.42. The summed E-state index contributed by atoms with van der Waals surface area (Å²) in [5.74, 6) is -0.653. The molecule has 0 aromatic heterocycles. The van der Waals surface area contributed by atoms with Crippen molar-refractivity contribution in [2.75, 3.05) is 25.4 Å². The molecule has 2 N–H and O–H groups in total. The van der Waals surface area contributed by atoms with E-state index >= 15 is 0 Å². The number of amides is 1. The van der Waals surface area contributed by atoms with Gasteiger partial charge in [0.25, 0.3) is 0 Å². The Bertz CT molecular complexity index is 618. The van der Waals surface area contributed by atoms with Gasteiger partial charge in [-0.25, -0.2) is 17.9 Å². The third kappa shape index (κ3) is 5.04. The van der Waals surface area contributed by atoms with Crippen LogP contribution in [0.5, 0.6) is 0 Å². The van der Waals surface area contributed by atoms with E-state index in [0.29, 0.717) is 19.7 Å². The van der Waals surface area contributed by atoms with Crippen molar-refractivity contribution in [3.63, 3.8) is 0 Å². The summed E-state index contributed by atoms with van der Waals surface area (Å²) in [6.45, 7) is 1.23. The molecule has 0 spiro atoms. The lowest BCUT2D eigenvalue weighted by Gasteiger charge is -2.33. The van der Waals surface area contributed by atoms with Gasteiger partial charge in [-0.15, -0.1) is 0 Å². The molecule has 1 saturated heterocycles. The number of morpholine rings is 1. The molecular formula is C14H19FN2O4S. The van der Waals surface area contributed by atoms with Gasteiger partial charge >= 0.3 is 0 Å². The molecule has 1 aromatic carbocycles. The molecule has 1 aliphatic rings. The summed E-state index contributed by atoms with van der Waals surface area (Å²) in [7, 11) is -3.54. The van der Waals surface area contributed by atoms with E-state index in [2.05, 4.69) is 0 Å². The summed E-state index contributed by atoms with van der Waals surface area (Å²) in [6, 6.07) is 5.97. The zero-order valence-corrected chi connectivity index (χ0v) is 12.9. The highest BCUT2D eigenvalue weighted by atomic mass is 32.2. The second-order valence-electron chi connectivity index (χ2n) is 5.22. The zero-order valence-electron chi connectivity index (χ0n) is 12.1. The molecule has 1 aromatic rings. The standard InChI is InChI=1S/C14H19FN2O4S/c15-12-5-3-11(4-6-12)13-10-17(7-8-21-13)14(18)2-1-9-22(16,19)20/h3-6,13H,1-2,7-10H2,(H2,16,19,20)/t13-/m0/s1. The number of primary sulfonamides is 1. The molecule has 0 saturated carbocycles. The average Bonchev–Trinajstić information content (AvgIpc) is 2.47. The Morgan fingerprint density at radius 2 is 2.05 bits per heavy atom. The fourth-order valence-electron chi connectivity index (χ4n) is 2.34. The molecule has 1 atom stereocenters. The van der Waals surface area contributed by atoms with Crippen molar-refractivity contribution in [1.82, 2.24) is 4.90 Å². The number of carbonyl (C=O) groups excluding carboxylic acids is 1. The summed E-state index contributed by atoms with van der Waals surface area (Å²) in [6.07, 6.45) is 0.0412. The molecule has 1 amide bonds. The normalized spacial score (nSPS) is 19.2. The number of benzene rings is 1. The van der Waals surface area contributed by atoms with Crippen LogP contribution in [-0.4, -0.2) is 44.7 Å². The van der Waals surface area contributed by atoms with E-state index in [0.717, 1.165) is 5.56 Å². The minimum Gasteiger partial charge on any atom is -0.370 e. The zero-order chi connectivity index (χ0) is 16.2. The van der Waals surface area contributed by atoms with Gasteiger partial charge in [0, 0.05) is 13.0 Å². The smallest absolute Gasteiger partial charge is 0.222 e. The number of carbonyl (C=O) groups is 1. The number of ether oxygens (including phenoxy) is 1. The van der Waals surface area contributed by atoms with E-state index in [-0.39, 0.29) is 36.4 Å². The molecule has 0 aliphatic carbocycles. The Balaban J connectivity index is 1.89. The number of nitrogens with zero attached hydrogens (tertiary/aromatic N) is 1. The number of hydrogen-bond donors (Lipinski definition) is 1. The first-order chi connectivity index (χ1) is 10.3. The predicted molar refractivity (Wildman–Crippen MR) is 78.9 cm³/mol. The monoisotopic (exact) mass is 330 g/mol. The maximum absolute atomic E-state index is 12.9. The van der Waals surface area contributed by atoms with E-state index < -0.39 is 10.0 Å². The Kier molecular flexibility index (Phi) is 5.49. The fourth-order valence-corrected chi connectivity index (χ4v) is 2.88. The summed E-state index contributed by atoms with van der Waals surface area (Å²) in [5.41, 5.74) is 0.809. The first-order valence-corrected chi connectivity index (χ1v) is 8.72. The quantitative estimate of drug-likeness (QED) is 0.864. The largest absolute Gasteiger partial charge is 0.370 e. The Hall–Kier alpha value is -1.51. The van der Waals surface area contributed by atoms with Gasteiger partial charge in [0.15, 0.2) is 0 Å². The van der Waals surface area contributed by atoms with Crippen LogP contribution in [0.15, 0.2) is 24.3 Å². The van der Waals surface area contributed by atoms with Gasteiger partial charge in [0.1, 0.15) is 11.9 Å². The molecule has 1 heterocycles. The van der Waals surface area contributed by atoms with Gasteiger partial charge in [0.05, 0.1) is 18.9 Å². The van der Waals surface area contributed by atoms with Gasteiger partial charge in [-0.3, -0.25) is 4.79 Å². The molecule has 0 bridgehead atoms. The van der Waals surface area contributed by atoms with E-state index in [1.165, 1.54) is 12.1 Å². The summed E-state index contributed by atoms with van der Waals surface area (Å²) in [5, 5.41) is 4.91. The lowest BCUT2D eigenvalue weighted by atomic mass is 10.1. The minimum atomic E-state index is -3.54. The van der Waals surface area contributed by atoms with E-state index in [1.807, 2.05) is 0 Å². The highest BCUT2D eigenvalue weighted by molar-refractivity contribution is 7.89. The van der Waals surface area contributed by atoms with Gasteiger partial charge in [-0.1, -0.05) is 12.1 Å². The third-order valence-electron chi connectivity index (χ3n) is 3.48. The van der Waals surface area contributed by atoms with Crippen molar-refractivity contribution < 1.29 is 22.3 Å². The van der Waals surface area contributed by atoms with Gasteiger partial charge in [0.2, 0.25) is 15.9 Å². The molecule has 1 aliphatic heterocycles. The van der Waals surface area contributed by atoms with Crippen LogP contribution in [0, 0.1) is 5.82 Å². The molecule has 2 rings (SSSR count). The molecule has 0 unspecified atom stereocenters. The van der Waals surface area contributed by atoms with E-state index in [1.54, 1.807) is 17.0 Å². The molecule has 8 heteroatoms. The molecule has 6 nitrogen and oxygen atoms in total. The topological polar surface area (TPSA) is 89.7 Å². The van der Waals surface area contributed by atoms with Crippen molar-refractivity contribution in [1.29, 1.82) is 0 Å². The highest BCUT2D eigenvalue weighted by Crippen LogP contribution is 2.23. The molecule has 22 heavy (non-hydrogen) atoms. The van der Waals surface area contributed by atoms with Crippen molar-refractivity contribution in [2.45, 2.75) is 18.9 Å². The predicted octanol–water partition coefficient (Wildman–Crippen LogP) is 0.794. The van der Waals surface area contributed by atoms with E-state index in [9.17, 15) is 17.6 Å². The maximum atomic E-state index is 12.9. The Morgan fingerprint density at radius 3 is 2.68 bits per heavy atom. The van der Waals surface area contributed by atoms with Crippen LogP contribution in [-0.2, 0) is 19.6 Å². The Labute approximate surface area is 129 Å². The summed E-state index contributed by atoms with van der Waals surface area (Å²) < 4.78 is 40.3. The molecule has 122 valence electrons. The summed E-state index contributed by atoms with van der Waals surface area (Å²) in [4.78, 5) is 13.7. The first-order valence-electron chi connectivity index (χ1n) is 7.00. The SMILES string of the molecule is NS(=O)(=O)CCCC(=O)N1CCO[C@H](c2ccc(F)cc2)C1. The van der Waals surface area contributed by atoms with Crippen molar-refractivity contribution in [3.8, 4) is 0 Å². The van der Waals surface area contributed by atoms with Crippen LogP contribution in [0.3, 0.4) is 0 Å². The average molecular weight is 330 g/mol. The number of rotatable bonds is 5. The third-order valence-corrected chi connectivity index (χ3v) is 4.34. The lowest BCUT2D eigenvalue weighted by molar-refractivity contribution is -0.139. The van der Waals surface area contributed by atoms with Crippen LogP contribution >= 0.6 is 0 Å². The van der Waals surface area contributed by atoms with Crippen LogP contribution in [0.25, 0.3) is 0 Å². The van der Waals surface area contributed by atoms with Crippen molar-refractivity contribution in [3.05, 3.63) is 35.6 Å². The van der Waals surface area contributed by atoms with Crippen molar-refractivity contribution in [2.24, 2.45) is 5.14 Å². The number of halogens is 1. The number of nitrogens with two attached hydrogens (primary N) is 1. The maximum Gasteiger partial charge on any atom is 0.222 e. The highest BCUT2D eigenvalue weighted by Gasteiger charge is 2.25.